The molecule has 1 aliphatic heterocycles. The average Bonchev–Trinajstić information content (AvgIpc) is 2.46. The molecular formula is C17H24N2O2. The van der Waals surface area contributed by atoms with E-state index in [1.165, 1.54) is 0 Å². The van der Waals surface area contributed by atoms with Crippen molar-refractivity contribution >= 4 is 11.6 Å². The maximum Gasteiger partial charge on any atom is 0.256 e. The van der Waals surface area contributed by atoms with Crippen LogP contribution in [0.4, 0.5) is 5.69 Å². The summed E-state index contributed by atoms with van der Waals surface area (Å²) < 4.78 is 0. The minimum atomic E-state index is -0.549. The molecule has 0 bridgehead atoms. The fourth-order valence-electron chi connectivity index (χ4n) is 3.90. The molecule has 1 heterocycles. The summed E-state index contributed by atoms with van der Waals surface area (Å²) in [6.07, 6.45) is 4.85. The topological polar surface area (TPSA) is 66.6 Å². The summed E-state index contributed by atoms with van der Waals surface area (Å²) in [6.45, 7) is 3.20. The number of nitrogens with two attached hydrogens (primary N) is 1. The van der Waals surface area contributed by atoms with Gasteiger partial charge in [0, 0.05) is 24.7 Å². The Morgan fingerprint density at radius 3 is 2.95 bits per heavy atom. The number of anilines is 1. The van der Waals surface area contributed by atoms with Gasteiger partial charge in [-0.3, -0.25) is 4.79 Å². The van der Waals surface area contributed by atoms with E-state index in [1.54, 1.807) is 6.07 Å². The van der Waals surface area contributed by atoms with Gasteiger partial charge in [0.05, 0.1) is 11.2 Å². The molecule has 114 valence electrons. The summed E-state index contributed by atoms with van der Waals surface area (Å²) in [6, 6.07) is 5.57. The van der Waals surface area contributed by atoms with E-state index in [0.717, 1.165) is 31.2 Å². The van der Waals surface area contributed by atoms with Gasteiger partial charge >= 0.3 is 0 Å². The number of nitrogens with zero attached hydrogens (tertiary/aromatic N) is 1. The largest absolute Gasteiger partial charge is 0.398 e. The lowest BCUT2D eigenvalue weighted by Gasteiger charge is -2.47. The third-order valence-electron chi connectivity index (χ3n) is 5.23. The van der Waals surface area contributed by atoms with E-state index in [4.69, 9.17) is 5.73 Å². The summed E-state index contributed by atoms with van der Waals surface area (Å²) in [5, 5.41) is 10.7. The van der Waals surface area contributed by atoms with Gasteiger partial charge in [-0.15, -0.1) is 0 Å². The smallest absolute Gasteiger partial charge is 0.256 e. The summed E-state index contributed by atoms with van der Waals surface area (Å²) >= 11 is 0. The Labute approximate surface area is 125 Å². The van der Waals surface area contributed by atoms with Crippen LogP contribution < -0.4 is 5.73 Å². The number of aliphatic hydroxyl groups is 1. The number of hydrogen-bond donors (Lipinski definition) is 2. The molecule has 1 aliphatic carbocycles. The maximum absolute atomic E-state index is 12.8. The van der Waals surface area contributed by atoms with Gasteiger partial charge in [0.2, 0.25) is 0 Å². The molecule has 2 aliphatic rings. The number of aryl methyl sites for hydroxylation is 1. The molecule has 4 nitrogen and oxygen atoms in total. The van der Waals surface area contributed by atoms with Gasteiger partial charge in [-0.25, -0.2) is 0 Å². The Morgan fingerprint density at radius 1 is 1.38 bits per heavy atom. The first-order chi connectivity index (χ1) is 10.0. The maximum atomic E-state index is 12.8. The molecule has 1 saturated carbocycles. The van der Waals surface area contributed by atoms with E-state index < -0.39 is 5.60 Å². The highest BCUT2D eigenvalue weighted by Crippen LogP contribution is 2.40. The lowest BCUT2D eigenvalue weighted by Crippen LogP contribution is -2.54. The molecule has 1 amide bonds. The van der Waals surface area contributed by atoms with E-state index >= 15 is 0 Å². The van der Waals surface area contributed by atoms with Crippen LogP contribution >= 0.6 is 0 Å². The zero-order chi connectivity index (χ0) is 15.0. The highest BCUT2D eigenvalue weighted by atomic mass is 16.3. The Bertz CT molecular complexity index is 537. The van der Waals surface area contributed by atoms with E-state index in [0.29, 0.717) is 30.8 Å². The molecule has 1 saturated heterocycles. The van der Waals surface area contributed by atoms with Crippen molar-refractivity contribution in [3.8, 4) is 0 Å². The number of fused-ring (bicyclic) bond motifs is 1. The van der Waals surface area contributed by atoms with Gasteiger partial charge in [0.25, 0.3) is 5.91 Å². The van der Waals surface area contributed by atoms with Crippen molar-refractivity contribution in [2.75, 3.05) is 18.8 Å². The van der Waals surface area contributed by atoms with Crippen LogP contribution in [0.2, 0.25) is 0 Å². The van der Waals surface area contributed by atoms with E-state index in [1.807, 2.05) is 24.0 Å². The second-order valence-electron chi connectivity index (χ2n) is 6.59. The van der Waals surface area contributed by atoms with Gasteiger partial charge in [-0.05, 0) is 37.8 Å². The summed E-state index contributed by atoms with van der Waals surface area (Å²) in [5.74, 6) is 0.229. The Hall–Kier alpha value is -1.55. The second-order valence-corrected chi connectivity index (χ2v) is 6.59. The van der Waals surface area contributed by atoms with Crippen LogP contribution in [0.1, 0.15) is 48.0 Å². The van der Waals surface area contributed by atoms with E-state index in [9.17, 15) is 9.90 Å². The van der Waals surface area contributed by atoms with Crippen molar-refractivity contribution in [2.24, 2.45) is 5.92 Å². The highest BCUT2D eigenvalue weighted by Gasteiger charge is 2.44. The molecule has 2 atom stereocenters. The number of amides is 1. The Morgan fingerprint density at radius 2 is 2.19 bits per heavy atom. The Kier molecular flexibility index (Phi) is 3.66. The van der Waals surface area contributed by atoms with Crippen LogP contribution in [0.25, 0.3) is 0 Å². The molecule has 1 aromatic carbocycles. The second kappa shape index (κ2) is 5.34. The van der Waals surface area contributed by atoms with Gasteiger partial charge in [0.15, 0.2) is 0 Å². The average molecular weight is 288 g/mol. The minimum Gasteiger partial charge on any atom is -0.398 e. The normalized spacial score (nSPS) is 29.0. The van der Waals surface area contributed by atoms with Crippen molar-refractivity contribution in [1.29, 1.82) is 0 Å². The van der Waals surface area contributed by atoms with Gasteiger partial charge in [-0.1, -0.05) is 25.0 Å². The predicted molar refractivity (Wildman–Crippen MR) is 83.0 cm³/mol. The monoisotopic (exact) mass is 288 g/mol. The minimum absolute atomic E-state index is 0.0122. The number of nitrogen functional groups attached to an aromatic ring is 1. The number of carbonyl (C=O) groups excluding carboxylic acids is 1. The highest BCUT2D eigenvalue weighted by molar-refractivity contribution is 6.00. The summed E-state index contributed by atoms with van der Waals surface area (Å²) in [4.78, 5) is 14.7. The quantitative estimate of drug-likeness (QED) is 0.780. The molecule has 21 heavy (non-hydrogen) atoms. The molecule has 3 rings (SSSR count). The van der Waals surface area contributed by atoms with Gasteiger partial charge in [0.1, 0.15) is 0 Å². The standard InChI is InChI=1S/C17H24N2O2/c1-12-5-4-7-14(18)15(12)16(20)19-10-9-17(21)8-3-2-6-13(17)11-19/h4-5,7,13,21H,2-3,6,8-11,18H2,1H3. The molecule has 3 N–H and O–H groups in total. The van der Waals surface area contributed by atoms with Crippen molar-refractivity contribution in [3.63, 3.8) is 0 Å². The van der Waals surface area contributed by atoms with E-state index in [-0.39, 0.29) is 11.8 Å². The molecule has 2 unspecified atom stereocenters. The fraction of sp³-hybridized carbons (Fsp3) is 0.588. The van der Waals surface area contributed by atoms with Crippen molar-refractivity contribution in [2.45, 2.75) is 44.6 Å². The first kappa shape index (κ1) is 14.4. The lowest BCUT2D eigenvalue weighted by atomic mass is 9.71. The van der Waals surface area contributed by atoms with Crippen molar-refractivity contribution in [1.82, 2.24) is 4.90 Å². The van der Waals surface area contributed by atoms with Gasteiger partial charge in [-0.2, -0.15) is 0 Å². The molecule has 0 spiro atoms. The number of piperidine rings is 1. The summed E-state index contributed by atoms with van der Waals surface area (Å²) in [7, 11) is 0. The van der Waals surface area contributed by atoms with Crippen molar-refractivity contribution < 1.29 is 9.90 Å². The molecule has 0 aromatic heterocycles. The summed E-state index contributed by atoms with van der Waals surface area (Å²) in [5.41, 5.74) is 7.53. The molecular weight excluding hydrogens is 264 g/mol. The van der Waals surface area contributed by atoms with Crippen LogP contribution in [0.3, 0.4) is 0 Å². The number of hydrogen-bond acceptors (Lipinski definition) is 3. The van der Waals surface area contributed by atoms with Crippen LogP contribution in [-0.2, 0) is 0 Å². The van der Waals surface area contributed by atoms with Crippen LogP contribution in [0, 0.1) is 12.8 Å². The third kappa shape index (κ3) is 2.53. The van der Waals surface area contributed by atoms with Crippen molar-refractivity contribution in [3.05, 3.63) is 29.3 Å². The molecule has 2 fully saturated rings. The number of likely N-dealkylation sites (tertiary alicyclic amines) is 1. The van der Waals surface area contributed by atoms with Gasteiger partial charge < -0.3 is 15.7 Å². The number of rotatable bonds is 1. The first-order valence-corrected chi connectivity index (χ1v) is 7.88. The van der Waals surface area contributed by atoms with Crippen LogP contribution in [0.15, 0.2) is 18.2 Å². The van der Waals surface area contributed by atoms with E-state index in [2.05, 4.69) is 0 Å². The van der Waals surface area contributed by atoms with Crippen LogP contribution in [-0.4, -0.2) is 34.6 Å². The zero-order valence-corrected chi connectivity index (χ0v) is 12.6. The number of benzene rings is 1. The fourth-order valence-corrected chi connectivity index (χ4v) is 3.90. The molecule has 1 aromatic rings. The molecule has 0 radical (unpaired) electrons. The third-order valence-corrected chi connectivity index (χ3v) is 5.23. The zero-order valence-electron chi connectivity index (χ0n) is 12.6. The Balaban J connectivity index is 1.81. The molecule has 4 heteroatoms. The number of carbonyl (C=O) groups is 1. The SMILES string of the molecule is Cc1cccc(N)c1C(=O)N1CCC2(O)CCCCC2C1. The lowest BCUT2D eigenvalue weighted by molar-refractivity contribution is -0.0886. The first-order valence-electron chi connectivity index (χ1n) is 7.88. The van der Waals surface area contributed by atoms with Crippen LogP contribution in [0.5, 0.6) is 0 Å². The predicted octanol–water partition coefficient (Wildman–Crippen LogP) is 2.34.